The smallest absolute Gasteiger partial charge is 0.206 e. The van der Waals surface area contributed by atoms with Gasteiger partial charge in [0, 0.05) is 0 Å². The Hall–Kier alpha value is -2.41. The van der Waals surface area contributed by atoms with Gasteiger partial charge in [0.1, 0.15) is 13.2 Å². The van der Waals surface area contributed by atoms with E-state index in [4.69, 9.17) is 55.9 Å². The molecule has 0 aliphatic heterocycles. The van der Waals surface area contributed by atoms with Gasteiger partial charge in [-0.3, -0.25) is 0 Å². The van der Waals surface area contributed by atoms with Crippen LogP contribution in [0.3, 0.4) is 0 Å². The van der Waals surface area contributed by atoms with Gasteiger partial charge < -0.3 is 9.47 Å². The summed E-state index contributed by atoms with van der Waals surface area (Å²) in [5.41, 5.74) is 1.82. The minimum Gasteiger partial charge on any atom is -0.486 e. The first kappa shape index (κ1) is 25.7. The van der Waals surface area contributed by atoms with E-state index in [0.29, 0.717) is 0 Å². The van der Waals surface area contributed by atoms with Crippen LogP contribution in [0.25, 0.3) is 0 Å². The van der Waals surface area contributed by atoms with E-state index >= 15 is 0 Å². The highest BCUT2D eigenvalue weighted by molar-refractivity contribution is 7.91. The van der Waals surface area contributed by atoms with E-state index in [1.807, 2.05) is 60.7 Å². The number of hydrogen-bond donors (Lipinski definition) is 0. The van der Waals surface area contributed by atoms with Crippen LogP contribution in [0.1, 0.15) is 11.1 Å². The molecule has 0 N–H and O–H groups in total. The van der Waals surface area contributed by atoms with E-state index < -0.39 is 9.84 Å². The maximum Gasteiger partial charge on any atom is 0.206 e. The fraction of sp³-hybridized carbons (Fsp3) is 0.0769. The molecule has 4 aromatic carbocycles. The van der Waals surface area contributed by atoms with Gasteiger partial charge in [0.15, 0.2) is 11.5 Å². The summed E-state index contributed by atoms with van der Waals surface area (Å²) >= 11 is 25.3. The van der Waals surface area contributed by atoms with Crippen molar-refractivity contribution < 1.29 is 17.9 Å². The number of sulfone groups is 1. The molecule has 0 saturated carbocycles. The SMILES string of the molecule is O=S(=O)(c1cc(Cl)c(OCc2ccccc2)c(Cl)c1)c1cc(Cl)c(OCc2ccccc2)c(Cl)c1. The molecule has 0 spiro atoms. The second kappa shape index (κ2) is 11.1. The zero-order chi connectivity index (χ0) is 25.0. The van der Waals surface area contributed by atoms with Gasteiger partial charge in [-0.25, -0.2) is 8.42 Å². The molecule has 0 fully saturated rings. The molecule has 0 heterocycles. The summed E-state index contributed by atoms with van der Waals surface area (Å²) in [6.07, 6.45) is 0. The summed E-state index contributed by atoms with van der Waals surface area (Å²) in [5, 5.41) is 0.248. The summed E-state index contributed by atoms with van der Waals surface area (Å²) in [4.78, 5) is -0.241. The van der Waals surface area contributed by atoms with E-state index in [-0.39, 0.29) is 54.6 Å². The predicted molar refractivity (Wildman–Crippen MR) is 140 cm³/mol. The normalized spacial score (nSPS) is 11.3. The van der Waals surface area contributed by atoms with Crippen LogP contribution in [0.5, 0.6) is 11.5 Å². The minimum absolute atomic E-state index is 0.0621. The molecule has 0 unspecified atom stereocenters. The molecular weight excluding hydrogens is 550 g/mol. The van der Waals surface area contributed by atoms with Crippen molar-refractivity contribution in [2.75, 3.05) is 0 Å². The summed E-state index contributed by atoms with van der Waals surface area (Å²) in [6.45, 7) is 0.448. The van der Waals surface area contributed by atoms with E-state index in [2.05, 4.69) is 0 Å². The molecule has 9 heteroatoms. The molecular formula is C26H18Cl4O4S. The molecule has 0 saturated heterocycles. The number of hydrogen-bond acceptors (Lipinski definition) is 4. The fourth-order valence-electron chi connectivity index (χ4n) is 3.25. The van der Waals surface area contributed by atoms with E-state index in [9.17, 15) is 8.42 Å². The zero-order valence-electron chi connectivity index (χ0n) is 18.1. The van der Waals surface area contributed by atoms with Crippen LogP contribution in [0.2, 0.25) is 20.1 Å². The summed E-state index contributed by atoms with van der Waals surface area (Å²) in [7, 11) is -4.05. The summed E-state index contributed by atoms with van der Waals surface area (Å²) in [6, 6.07) is 24.0. The van der Waals surface area contributed by atoms with Gasteiger partial charge >= 0.3 is 0 Å². The van der Waals surface area contributed by atoms with Gasteiger partial charge in [-0.1, -0.05) is 107 Å². The lowest BCUT2D eigenvalue weighted by Gasteiger charge is -2.14. The Bertz CT molecular complexity index is 1290. The highest BCUT2D eigenvalue weighted by Gasteiger charge is 2.24. The second-order valence-corrected chi connectivity index (χ2v) is 11.1. The third-order valence-electron chi connectivity index (χ3n) is 5.02. The lowest BCUT2D eigenvalue weighted by Crippen LogP contribution is -2.05. The largest absolute Gasteiger partial charge is 0.486 e. The standard InChI is InChI=1S/C26H18Cl4O4S/c27-21-11-19(12-22(28)25(21)33-15-17-7-3-1-4-8-17)35(31,32)20-13-23(29)26(24(30)14-20)34-16-18-9-5-2-6-10-18/h1-14H,15-16H2. The molecule has 0 aromatic heterocycles. The van der Waals surface area contributed by atoms with Crippen molar-refractivity contribution in [3.05, 3.63) is 116 Å². The average Bonchev–Trinajstić information content (AvgIpc) is 2.84. The maximum atomic E-state index is 13.3. The molecule has 4 rings (SSSR count). The molecule has 0 aliphatic rings. The quantitative estimate of drug-likeness (QED) is 0.215. The van der Waals surface area contributed by atoms with Crippen molar-refractivity contribution in [1.82, 2.24) is 0 Å². The van der Waals surface area contributed by atoms with Crippen molar-refractivity contribution >= 4 is 56.2 Å². The predicted octanol–water partition coefficient (Wildman–Crippen LogP) is 8.29. The van der Waals surface area contributed by atoms with Crippen molar-refractivity contribution in [3.63, 3.8) is 0 Å². The monoisotopic (exact) mass is 566 g/mol. The van der Waals surface area contributed by atoms with Crippen molar-refractivity contribution in [1.29, 1.82) is 0 Å². The van der Waals surface area contributed by atoms with Gasteiger partial charge in [-0.15, -0.1) is 0 Å². The molecule has 0 amide bonds. The number of halogens is 4. The number of ether oxygens (including phenoxy) is 2. The van der Waals surface area contributed by atoms with Crippen LogP contribution in [-0.4, -0.2) is 8.42 Å². The molecule has 4 aromatic rings. The van der Waals surface area contributed by atoms with Crippen molar-refractivity contribution in [3.8, 4) is 11.5 Å². The lowest BCUT2D eigenvalue weighted by atomic mass is 10.2. The minimum atomic E-state index is -4.05. The van der Waals surface area contributed by atoms with E-state index in [1.165, 1.54) is 24.3 Å². The number of rotatable bonds is 8. The van der Waals surface area contributed by atoms with Crippen LogP contribution in [0.15, 0.2) is 94.7 Å². The van der Waals surface area contributed by atoms with Gasteiger partial charge in [-0.05, 0) is 35.4 Å². The Morgan fingerprint density at radius 3 is 1.17 bits per heavy atom. The topological polar surface area (TPSA) is 52.6 Å². The van der Waals surface area contributed by atoms with Gasteiger partial charge in [0.05, 0.1) is 29.9 Å². The maximum absolute atomic E-state index is 13.3. The Balaban J connectivity index is 1.58. The molecule has 35 heavy (non-hydrogen) atoms. The third-order valence-corrected chi connectivity index (χ3v) is 7.85. The van der Waals surface area contributed by atoms with Crippen LogP contribution in [0.4, 0.5) is 0 Å². The van der Waals surface area contributed by atoms with Crippen LogP contribution in [-0.2, 0) is 23.1 Å². The van der Waals surface area contributed by atoms with Crippen molar-refractivity contribution in [2.24, 2.45) is 0 Å². The Morgan fingerprint density at radius 1 is 0.543 bits per heavy atom. The number of benzene rings is 4. The van der Waals surface area contributed by atoms with Crippen LogP contribution in [0, 0.1) is 0 Å². The second-order valence-electron chi connectivity index (χ2n) is 7.48. The molecule has 180 valence electrons. The van der Waals surface area contributed by atoms with Gasteiger partial charge in [-0.2, -0.15) is 0 Å². The average molecular weight is 568 g/mol. The van der Waals surface area contributed by atoms with Gasteiger partial charge in [0.2, 0.25) is 9.84 Å². The third kappa shape index (κ3) is 6.05. The molecule has 0 radical (unpaired) electrons. The first-order valence-electron chi connectivity index (χ1n) is 10.3. The fourth-order valence-corrected chi connectivity index (χ4v) is 6.07. The van der Waals surface area contributed by atoms with Crippen molar-refractivity contribution in [2.45, 2.75) is 23.0 Å². The highest BCUT2D eigenvalue weighted by atomic mass is 35.5. The Morgan fingerprint density at radius 2 is 0.857 bits per heavy atom. The summed E-state index contributed by atoms with van der Waals surface area (Å²) in [5.74, 6) is 0.383. The molecule has 0 atom stereocenters. The summed E-state index contributed by atoms with van der Waals surface area (Å²) < 4.78 is 38.1. The zero-order valence-corrected chi connectivity index (χ0v) is 21.9. The first-order valence-corrected chi connectivity index (χ1v) is 13.3. The van der Waals surface area contributed by atoms with E-state index in [0.717, 1.165) is 11.1 Å². The Kier molecular flexibility index (Phi) is 8.15. The lowest BCUT2D eigenvalue weighted by molar-refractivity contribution is 0.306. The Labute approximate surface area is 223 Å². The molecule has 4 nitrogen and oxygen atoms in total. The van der Waals surface area contributed by atoms with Crippen LogP contribution < -0.4 is 9.47 Å². The van der Waals surface area contributed by atoms with Crippen LogP contribution >= 0.6 is 46.4 Å². The first-order chi connectivity index (χ1) is 16.8. The van der Waals surface area contributed by atoms with Gasteiger partial charge in [0.25, 0.3) is 0 Å². The van der Waals surface area contributed by atoms with E-state index in [1.54, 1.807) is 0 Å². The molecule has 0 aliphatic carbocycles. The highest BCUT2D eigenvalue weighted by Crippen LogP contribution is 2.40. The molecule has 0 bridgehead atoms.